The predicted octanol–water partition coefficient (Wildman–Crippen LogP) is 2.98. The number of unbranched alkanes of at least 4 members (excludes halogenated alkanes) is 5. The van der Waals surface area contributed by atoms with Gasteiger partial charge in [0.15, 0.2) is 6.61 Å². The smallest absolute Gasteiger partial charge is 0.411 e. The SMILES string of the molecule is C#CCOC(=O)N(C)C(C)C(=O)OCCCCCCCC. The van der Waals surface area contributed by atoms with E-state index in [1.807, 2.05) is 0 Å². The zero-order valence-electron chi connectivity index (χ0n) is 13.4. The average molecular weight is 297 g/mol. The van der Waals surface area contributed by atoms with Gasteiger partial charge in [0, 0.05) is 7.05 Å². The third-order valence-electron chi connectivity index (χ3n) is 3.23. The zero-order chi connectivity index (χ0) is 16.1. The van der Waals surface area contributed by atoms with E-state index in [-0.39, 0.29) is 6.61 Å². The molecule has 120 valence electrons. The van der Waals surface area contributed by atoms with E-state index in [1.165, 1.54) is 37.6 Å². The number of esters is 1. The highest BCUT2D eigenvalue weighted by molar-refractivity contribution is 5.80. The summed E-state index contributed by atoms with van der Waals surface area (Å²) in [5, 5.41) is 0. The second kappa shape index (κ2) is 12.1. The van der Waals surface area contributed by atoms with Gasteiger partial charge in [0.05, 0.1) is 6.61 Å². The van der Waals surface area contributed by atoms with Crippen LogP contribution in [-0.4, -0.2) is 43.3 Å². The summed E-state index contributed by atoms with van der Waals surface area (Å²) in [6.45, 7) is 4.06. The fraction of sp³-hybridized carbons (Fsp3) is 0.750. The van der Waals surface area contributed by atoms with Crippen LogP contribution in [0.3, 0.4) is 0 Å². The van der Waals surface area contributed by atoms with Crippen LogP contribution >= 0.6 is 0 Å². The van der Waals surface area contributed by atoms with Crippen LogP contribution in [0.5, 0.6) is 0 Å². The summed E-state index contributed by atoms with van der Waals surface area (Å²) in [5.41, 5.74) is 0. The fourth-order valence-electron chi connectivity index (χ4n) is 1.70. The van der Waals surface area contributed by atoms with Gasteiger partial charge in [0.1, 0.15) is 6.04 Å². The molecule has 1 unspecified atom stereocenters. The predicted molar refractivity (Wildman–Crippen MR) is 81.7 cm³/mol. The fourth-order valence-corrected chi connectivity index (χ4v) is 1.70. The van der Waals surface area contributed by atoms with Crippen LogP contribution in [0.4, 0.5) is 4.79 Å². The number of amides is 1. The van der Waals surface area contributed by atoms with Crippen LogP contribution in [0.2, 0.25) is 0 Å². The number of nitrogens with zero attached hydrogens (tertiary/aromatic N) is 1. The minimum atomic E-state index is -0.685. The molecule has 0 aromatic heterocycles. The minimum Gasteiger partial charge on any atom is -0.464 e. The number of terminal acetylenes is 1. The second-order valence-corrected chi connectivity index (χ2v) is 4.98. The molecular formula is C16H27NO4. The molecule has 0 radical (unpaired) electrons. The average Bonchev–Trinajstić information content (AvgIpc) is 2.49. The first-order valence-electron chi connectivity index (χ1n) is 7.54. The van der Waals surface area contributed by atoms with Gasteiger partial charge in [-0.3, -0.25) is 4.90 Å². The Labute approximate surface area is 128 Å². The molecule has 0 aromatic rings. The Hall–Kier alpha value is -1.70. The Kier molecular flexibility index (Phi) is 11.1. The highest BCUT2D eigenvalue weighted by Gasteiger charge is 2.24. The molecule has 0 heterocycles. The van der Waals surface area contributed by atoms with Crippen LogP contribution in [0.25, 0.3) is 0 Å². The van der Waals surface area contributed by atoms with E-state index >= 15 is 0 Å². The number of likely N-dealkylation sites (N-methyl/N-ethyl adjacent to an activating group) is 1. The van der Waals surface area contributed by atoms with Crippen molar-refractivity contribution in [3.05, 3.63) is 0 Å². The summed E-state index contributed by atoms with van der Waals surface area (Å²) in [6.07, 6.45) is 11.1. The summed E-state index contributed by atoms with van der Waals surface area (Å²) in [4.78, 5) is 24.5. The molecule has 0 fully saturated rings. The van der Waals surface area contributed by atoms with Gasteiger partial charge in [0.25, 0.3) is 0 Å². The first kappa shape index (κ1) is 19.3. The van der Waals surface area contributed by atoms with Crippen molar-refractivity contribution in [3.63, 3.8) is 0 Å². The second-order valence-electron chi connectivity index (χ2n) is 4.98. The van der Waals surface area contributed by atoms with Crippen molar-refractivity contribution in [1.82, 2.24) is 4.90 Å². The maximum Gasteiger partial charge on any atom is 0.411 e. The molecular weight excluding hydrogens is 270 g/mol. The molecule has 1 atom stereocenters. The Balaban J connectivity index is 3.84. The van der Waals surface area contributed by atoms with Crippen molar-refractivity contribution in [1.29, 1.82) is 0 Å². The van der Waals surface area contributed by atoms with E-state index in [2.05, 4.69) is 12.8 Å². The lowest BCUT2D eigenvalue weighted by atomic mass is 10.1. The number of ether oxygens (including phenoxy) is 2. The molecule has 5 nitrogen and oxygen atoms in total. The molecule has 21 heavy (non-hydrogen) atoms. The number of rotatable bonds is 10. The van der Waals surface area contributed by atoms with Gasteiger partial charge < -0.3 is 9.47 Å². The first-order valence-corrected chi connectivity index (χ1v) is 7.54. The third-order valence-corrected chi connectivity index (χ3v) is 3.23. The summed E-state index contributed by atoms with van der Waals surface area (Å²) >= 11 is 0. The van der Waals surface area contributed by atoms with E-state index in [0.29, 0.717) is 6.61 Å². The standard InChI is InChI=1S/C16H27NO4/c1-5-7-8-9-10-11-13-20-15(18)14(3)17(4)16(19)21-12-6-2/h2,14H,5,7-13H2,1,3-4H3. The summed E-state index contributed by atoms with van der Waals surface area (Å²) < 4.78 is 9.91. The van der Waals surface area contributed by atoms with E-state index in [9.17, 15) is 9.59 Å². The Morgan fingerprint density at radius 2 is 1.76 bits per heavy atom. The molecule has 0 bridgehead atoms. The molecule has 0 aliphatic rings. The minimum absolute atomic E-state index is 0.108. The molecule has 1 amide bonds. The normalized spacial score (nSPS) is 11.3. The van der Waals surface area contributed by atoms with Crippen molar-refractivity contribution in [2.75, 3.05) is 20.3 Å². The number of hydrogen-bond acceptors (Lipinski definition) is 4. The Morgan fingerprint density at radius 3 is 2.38 bits per heavy atom. The monoisotopic (exact) mass is 297 g/mol. The maximum atomic E-state index is 11.8. The van der Waals surface area contributed by atoms with Crippen LogP contribution in [-0.2, 0) is 14.3 Å². The lowest BCUT2D eigenvalue weighted by molar-refractivity contribution is -0.148. The lowest BCUT2D eigenvalue weighted by Crippen LogP contribution is -2.41. The molecule has 0 aromatic carbocycles. The molecule has 0 aliphatic heterocycles. The quantitative estimate of drug-likeness (QED) is 0.353. The Bertz CT molecular complexity index is 349. The first-order chi connectivity index (χ1) is 10.0. The summed E-state index contributed by atoms with van der Waals surface area (Å²) in [7, 11) is 1.48. The van der Waals surface area contributed by atoms with E-state index in [1.54, 1.807) is 6.92 Å². The van der Waals surface area contributed by atoms with Gasteiger partial charge in [-0.25, -0.2) is 9.59 Å². The van der Waals surface area contributed by atoms with Crippen LogP contribution in [0, 0.1) is 12.3 Å². The van der Waals surface area contributed by atoms with Gasteiger partial charge in [0.2, 0.25) is 0 Å². The molecule has 5 heteroatoms. The van der Waals surface area contributed by atoms with Crippen molar-refractivity contribution < 1.29 is 19.1 Å². The van der Waals surface area contributed by atoms with Crippen molar-refractivity contribution in [2.45, 2.75) is 58.4 Å². The molecule has 0 saturated carbocycles. The van der Waals surface area contributed by atoms with Crippen LogP contribution < -0.4 is 0 Å². The molecule has 0 aliphatic carbocycles. The zero-order valence-corrected chi connectivity index (χ0v) is 13.4. The van der Waals surface area contributed by atoms with Gasteiger partial charge in [-0.15, -0.1) is 6.42 Å². The third kappa shape index (κ3) is 8.96. The van der Waals surface area contributed by atoms with Gasteiger partial charge in [-0.05, 0) is 13.3 Å². The van der Waals surface area contributed by atoms with E-state index in [4.69, 9.17) is 15.9 Å². The maximum absolute atomic E-state index is 11.8. The Morgan fingerprint density at radius 1 is 1.14 bits per heavy atom. The van der Waals surface area contributed by atoms with Crippen LogP contribution in [0.1, 0.15) is 52.4 Å². The highest BCUT2D eigenvalue weighted by atomic mass is 16.6. The molecule has 0 N–H and O–H groups in total. The molecule has 0 saturated heterocycles. The summed E-state index contributed by atoms with van der Waals surface area (Å²) in [5.74, 6) is 1.77. The lowest BCUT2D eigenvalue weighted by Gasteiger charge is -2.22. The van der Waals surface area contributed by atoms with Crippen molar-refractivity contribution >= 4 is 12.1 Å². The number of hydrogen-bond donors (Lipinski definition) is 0. The molecule has 0 spiro atoms. The van der Waals surface area contributed by atoms with E-state index < -0.39 is 18.1 Å². The summed E-state index contributed by atoms with van der Waals surface area (Å²) in [6, 6.07) is -0.685. The topological polar surface area (TPSA) is 55.8 Å². The van der Waals surface area contributed by atoms with Gasteiger partial charge >= 0.3 is 12.1 Å². The van der Waals surface area contributed by atoms with E-state index in [0.717, 1.165) is 12.8 Å². The largest absolute Gasteiger partial charge is 0.464 e. The highest BCUT2D eigenvalue weighted by Crippen LogP contribution is 2.06. The van der Waals surface area contributed by atoms with Crippen LogP contribution in [0.15, 0.2) is 0 Å². The van der Waals surface area contributed by atoms with Gasteiger partial charge in [-0.1, -0.05) is 44.9 Å². The van der Waals surface area contributed by atoms with Crippen molar-refractivity contribution in [3.8, 4) is 12.3 Å². The van der Waals surface area contributed by atoms with Gasteiger partial charge in [-0.2, -0.15) is 0 Å². The molecule has 0 rings (SSSR count). The number of carbonyl (C=O) groups excluding carboxylic acids is 2. The number of carbonyl (C=O) groups is 2. The van der Waals surface area contributed by atoms with Crippen molar-refractivity contribution in [2.24, 2.45) is 0 Å².